The molecule has 0 saturated heterocycles. The Morgan fingerprint density at radius 1 is 0.333 bits per heavy atom. The fourth-order valence-electron chi connectivity index (χ4n) is 0. The molecule has 0 aliphatic rings. The van der Waals surface area contributed by atoms with Crippen LogP contribution in [0.2, 0.25) is 0 Å². The number of rotatable bonds is 0. The van der Waals surface area contributed by atoms with E-state index in [-0.39, 0.29) is 31.9 Å². The molecule has 0 N–H and O–H groups in total. The topological polar surface area (TPSA) is 0 Å². The first kappa shape index (κ1) is 1560. The zero-order chi connectivity index (χ0) is 0. The van der Waals surface area contributed by atoms with Crippen LogP contribution in [0.25, 0.3) is 0 Å². The van der Waals surface area contributed by atoms with Crippen LogP contribution in [0.1, 0.15) is 0 Å². The van der Waals surface area contributed by atoms with Crippen molar-refractivity contribution in [1.82, 2.24) is 0 Å². The molecule has 0 nitrogen and oxygen atoms in total. The Balaban J connectivity index is 0. The molecule has 0 aliphatic heterocycles. The van der Waals surface area contributed by atoms with E-state index in [1.54, 1.807) is 0 Å². The summed E-state index contributed by atoms with van der Waals surface area (Å²) in [4.78, 5) is 0. The quantitative estimate of drug-likeness (QED) is 0.296. The summed E-state index contributed by atoms with van der Waals surface area (Å²) in [6.07, 6.45) is 0. The van der Waals surface area contributed by atoms with E-state index in [9.17, 15) is 0 Å². The second-order valence-corrected chi connectivity index (χ2v) is 0. The van der Waals surface area contributed by atoms with Crippen LogP contribution in [0.3, 0.4) is 0 Å². The van der Waals surface area contributed by atoms with Crippen molar-refractivity contribution >= 4 is 8.41 Å². The molecular formula is H8BF5. The third-order valence-corrected chi connectivity index (χ3v) is 0. The molecule has 0 fully saturated rings. The first-order chi connectivity index (χ1) is 0. The lowest BCUT2D eigenvalue weighted by molar-refractivity contribution is 1.11. The van der Waals surface area contributed by atoms with Crippen LogP contribution >= 0.6 is 0 Å². The summed E-state index contributed by atoms with van der Waals surface area (Å²) in [7, 11) is 0. The summed E-state index contributed by atoms with van der Waals surface area (Å²) in [5.74, 6) is 0. The third-order valence-electron chi connectivity index (χ3n) is 0. The standard InChI is InChI=1S/BH3.5FH/h1H3;5*1H. The van der Waals surface area contributed by atoms with Crippen LogP contribution in [0, 0.1) is 0 Å². The maximum Gasteiger partial charge on any atom is 0.0814 e. The minimum absolute atomic E-state index is 0. The van der Waals surface area contributed by atoms with E-state index in [0.29, 0.717) is 0 Å². The summed E-state index contributed by atoms with van der Waals surface area (Å²) in [6, 6.07) is 0. The van der Waals surface area contributed by atoms with Gasteiger partial charge in [-0.3, -0.25) is 23.5 Å². The van der Waals surface area contributed by atoms with E-state index < -0.39 is 0 Å². The fourth-order valence-corrected chi connectivity index (χ4v) is 0. The summed E-state index contributed by atoms with van der Waals surface area (Å²) in [6.45, 7) is 0. The Morgan fingerprint density at radius 3 is 0.333 bits per heavy atom. The zero-order valence-corrected chi connectivity index (χ0v) is 2.04. The molecule has 6 heavy (non-hydrogen) atoms. The Hall–Kier alpha value is -0.285. The minimum atomic E-state index is 0. The lowest BCUT2D eigenvalue weighted by Crippen LogP contribution is -0.381. The van der Waals surface area contributed by atoms with Crippen molar-refractivity contribution in [2.45, 2.75) is 0 Å². The highest BCUT2D eigenvalue weighted by molar-refractivity contribution is 5.75. The maximum atomic E-state index is 0. The molecule has 0 atom stereocenters. The van der Waals surface area contributed by atoms with Crippen molar-refractivity contribution in [2.24, 2.45) is 0 Å². The van der Waals surface area contributed by atoms with Gasteiger partial charge in [0.25, 0.3) is 0 Å². The lowest BCUT2D eigenvalue weighted by atomic mass is 10.8. The van der Waals surface area contributed by atoms with Gasteiger partial charge in [-0.25, -0.2) is 0 Å². The molecule has 6 heteroatoms. The smallest absolute Gasteiger partial charge is 0.0814 e. The molecule has 0 rings (SSSR count). The normalized spacial score (nSPS) is 0. The van der Waals surface area contributed by atoms with Gasteiger partial charge in [-0.05, 0) is 0 Å². The van der Waals surface area contributed by atoms with E-state index in [1.807, 2.05) is 0 Å². The molecule has 0 amide bonds. The summed E-state index contributed by atoms with van der Waals surface area (Å²) >= 11 is 0. The second kappa shape index (κ2) is 801. The maximum absolute atomic E-state index is 0. The first-order valence-electron chi connectivity index (χ1n) is 0. The molecule has 46 valence electrons. The molecular weight excluding hydrogens is 106 g/mol. The summed E-state index contributed by atoms with van der Waals surface area (Å²) in [5.41, 5.74) is 0. The number of hydrogen-bond donors (Lipinski definition) is 0. The van der Waals surface area contributed by atoms with Crippen molar-refractivity contribution in [3.63, 3.8) is 0 Å². The molecule has 0 aromatic rings. The van der Waals surface area contributed by atoms with E-state index in [0.717, 1.165) is 0 Å². The van der Waals surface area contributed by atoms with Gasteiger partial charge in [0, 0.05) is 0 Å². The van der Waals surface area contributed by atoms with Gasteiger partial charge < -0.3 is 0 Å². The van der Waals surface area contributed by atoms with Crippen LogP contribution in [-0.4, -0.2) is 8.41 Å². The lowest BCUT2D eigenvalue weighted by Gasteiger charge is -0.270. The third kappa shape index (κ3) is 337. The molecule has 0 spiro atoms. The van der Waals surface area contributed by atoms with Crippen molar-refractivity contribution in [1.29, 1.82) is 0 Å². The summed E-state index contributed by atoms with van der Waals surface area (Å²) in [5, 5.41) is 0. The Kier molecular flexibility index (Phi) is 209000. The Morgan fingerprint density at radius 2 is 0.333 bits per heavy atom. The minimum Gasteiger partial charge on any atom is -0.269 e. The van der Waals surface area contributed by atoms with Gasteiger partial charge >= 0.3 is 0 Å². The van der Waals surface area contributed by atoms with E-state index in [2.05, 4.69) is 0 Å². The monoisotopic (exact) mass is 114 g/mol. The second-order valence-electron chi connectivity index (χ2n) is 0. The molecule has 0 heterocycles. The van der Waals surface area contributed by atoms with Crippen LogP contribution < -0.4 is 0 Å². The highest BCUT2D eigenvalue weighted by Crippen LogP contribution is 0.424. The molecule has 0 radical (unpaired) electrons. The van der Waals surface area contributed by atoms with Crippen molar-refractivity contribution in [3.05, 3.63) is 0 Å². The number of halogens is 5. The molecule has 0 bridgehead atoms. The van der Waals surface area contributed by atoms with E-state index in [4.69, 9.17) is 0 Å². The van der Waals surface area contributed by atoms with Crippen molar-refractivity contribution in [3.8, 4) is 0 Å². The molecule has 0 aromatic heterocycles. The van der Waals surface area contributed by atoms with Gasteiger partial charge in [0.1, 0.15) is 0 Å². The molecule has 0 aromatic carbocycles. The fraction of sp³-hybridized carbons (Fsp3) is 0. The molecule has 0 unspecified atom stereocenters. The zero-order valence-electron chi connectivity index (χ0n) is 2.04. The van der Waals surface area contributed by atoms with Crippen LogP contribution in [0.4, 0.5) is 23.5 Å². The predicted octanol–water partition coefficient (Wildman–Crippen LogP) is -0.421. The average Bonchev–Trinajstić information content (AvgIpc) is 0. The molecule has 0 aliphatic carbocycles. The Bertz CT molecular complexity index is 3.90. The molecule has 0 saturated carbocycles. The van der Waals surface area contributed by atoms with Gasteiger partial charge in [0.2, 0.25) is 0 Å². The van der Waals surface area contributed by atoms with E-state index >= 15 is 0 Å². The van der Waals surface area contributed by atoms with Crippen molar-refractivity contribution in [2.75, 3.05) is 0 Å². The van der Waals surface area contributed by atoms with Gasteiger partial charge in [-0.2, -0.15) is 0 Å². The van der Waals surface area contributed by atoms with Gasteiger partial charge in [-0.1, -0.05) is 0 Å². The Labute approximate surface area is 33.3 Å². The van der Waals surface area contributed by atoms with Crippen LogP contribution in [0.5, 0.6) is 0 Å². The SMILES string of the molecule is B.F.F.F.F.F. The van der Waals surface area contributed by atoms with Crippen LogP contribution in [-0.2, 0) is 0 Å². The first-order valence-corrected chi connectivity index (χ1v) is 0. The summed E-state index contributed by atoms with van der Waals surface area (Å²) < 4.78 is 0. The van der Waals surface area contributed by atoms with Gasteiger partial charge in [0.15, 0.2) is 0 Å². The average molecular weight is 114 g/mol. The number of hydrogen-bond acceptors (Lipinski definition) is 0. The van der Waals surface area contributed by atoms with Crippen molar-refractivity contribution < 1.29 is 23.5 Å². The van der Waals surface area contributed by atoms with E-state index in [1.165, 1.54) is 0 Å². The van der Waals surface area contributed by atoms with Gasteiger partial charge in [0.05, 0.1) is 8.41 Å². The highest BCUT2D eigenvalue weighted by Gasteiger charge is 0.0814. The largest absolute Gasteiger partial charge is 0.269 e. The van der Waals surface area contributed by atoms with Crippen LogP contribution in [0.15, 0.2) is 0 Å². The highest BCUT2D eigenvalue weighted by atomic mass is 19.0. The van der Waals surface area contributed by atoms with Gasteiger partial charge in [-0.15, -0.1) is 0 Å². The predicted molar refractivity (Wildman–Crippen MR) is 22.5 cm³/mol.